The summed E-state index contributed by atoms with van der Waals surface area (Å²) in [5.74, 6) is 0.956. The molecule has 1 N–H and O–H groups in total. The molecule has 0 radical (unpaired) electrons. The van der Waals surface area contributed by atoms with Gasteiger partial charge in [0.05, 0.1) is 24.6 Å². The summed E-state index contributed by atoms with van der Waals surface area (Å²) >= 11 is 0. The maximum atomic E-state index is 12.8. The number of ether oxygens (including phenoxy) is 2. The van der Waals surface area contributed by atoms with Gasteiger partial charge in [-0.25, -0.2) is 8.42 Å². The molecule has 1 atom stereocenters. The maximum Gasteiger partial charge on any atom is 0.243 e. The van der Waals surface area contributed by atoms with E-state index in [-0.39, 0.29) is 23.4 Å². The lowest BCUT2D eigenvalue weighted by molar-refractivity contribution is -0.122. The van der Waals surface area contributed by atoms with E-state index < -0.39 is 15.6 Å². The normalized spacial score (nSPS) is 17.7. The molecule has 0 bridgehead atoms. The average molecular weight is 433 g/mol. The summed E-state index contributed by atoms with van der Waals surface area (Å²) in [6.07, 6.45) is 0.549. The van der Waals surface area contributed by atoms with E-state index in [0.29, 0.717) is 17.9 Å². The van der Waals surface area contributed by atoms with Crippen molar-refractivity contribution in [3.05, 3.63) is 53.6 Å². The lowest BCUT2D eigenvalue weighted by Crippen LogP contribution is -2.44. The number of nitrogens with zero attached hydrogens (tertiary/aromatic N) is 1. The van der Waals surface area contributed by atoms with Crippen molar-refractivity contribution < 1.29 is 22.7 Å². The van der Waals surface area contributed by atoms with Gasteiger partial charge in [0, 0.05) is 19.0 Å². The van der Waals surface area contributed by atoms with Crippen LogP contribution in [0.4, 0.5) is 0 Å². The standard InChI is InChI=1S/C22H28N2O5S/c1-15-6-9-17(10-7-15)30(26,27)24(4)14-21(25)23-19-13-22(2,3)29-20-11-8-16(28-5)12-18(19)20/h6-12,19H,13-14H2,1-5H3,(H,23,25). The van der Waals surface area contributed by atoms with Crippen LogP contribution in [0.1, 0.15) is 37.4 Å². The summed E-state index contributed by atoms with van der Waals surface area (Å²) in [6.45, 7) is 5.50. The SMILES string of the molecule is COc1ccc2c(c1)C(NC(=O)CN(C)S(=O)(=O)c1ccc(C)cc1)CC(C)(C)O2. The summed E-state index contributed by atoms with van der Waals surface area (Å²) in [4.78, 5) is 12.9. The Morgan fingerprint density at radius 3 is 2.53 bits per heavy atom. The van der Waals surface area contributed by atoms with E-state index in [1.807, 2.05) is 32.9 Å². The fraction of sp³-hybridized carbons (Fsp3) is 0.409. The van der Waals surface area contributed by atoms with Gasteiger partial charge in [-0.15, -0.1) is 0 Å². The topological polar surface area (TPSA) is 84.9 Å². The molecule has 162 valence electrons. The number of hydrogen-bond donors (Lipinski definition) is 1. The van der Waals surface area contributed by atoms with Crippen LogP contribution in [0.5, 0.6) is 11.5 Å². The molecule has 1 aliphatic heterocycles. The molecule has 1 amide bonds. The monoisotopic (exact) mass is 432 g/mol. The number of nitrogens with one attached hydrogen (secondary N) is 1. The van der Waals surface area contributed by atoms with Gasteiger partial charge in [-0.05, 0) is 51.1 Å². The second-order valence-corrected chi connectivity index (χ2v) is 10.2. The molecular formula is C22H28N2O5S. The molecule has 2 aromatic carbocycles. The van der Waals surface area contributed by atoms with Gasteiger partial charge in [0.25, 0.3) is 0 Å². The summed E-state index contributed by atoms with van der Waals surface area (Å²) in [5.41, 5.74) is 1.30. The van der Waals surface area contributed by atoms with Gasteiger partial charge in [0.2, 0.25) is 15.9 Å². The van der Waals surface area contributed by atoms with Gasteiger partial charge in [-0.2, -0.15) is 4.31 Å². The highest BCUT2D eigenvalue weighted by molar-refractivity contribution is 7.89. The lowest BCUT2D eigenvalue weighted by Gasteiger charge is -2.38. The van der Waals surface area contributed by atoms with Crippen molar-refractivity contribution in [1.29, 1.82) is 0 Å². The van der Waals surface area contributed by atoms with Crippen LogP contribution in [-0.4, -0.2) is 44.9 Å². The number of aryl methyl sites for hydroxylation is 1. The third kappa shape index (κ3) is 4.76. The Hall–Kier alpha value is -2.58. The van der Waals surface area contributed by atoms with Crippen LogP contribution in [0, 0.1) is 6.92 Å². The zero-order valence-electron chi connectivity index (χ0n) is 17.9. The van der Waals surface area contributed by atoms with Crippen LogP contribution in [0.15, 0.2) is 47.4 Å². The second-order valence-electron chi connectivity index (χ2n) is 8.16. The number of hydrogen-bond acceptors (Lipinski definition) is 5. The van der Waals surface area contributed by atoms with Crippen molar-refractivity contribution in [3.8, 4) is 11.5 Å². The van der Waals surface area contributed by atoms with E-state index in [0.717, 1.165) is 15.4 Å². The number of likely N-dealkylation sites (N-methyl/N-ethyl adjacent to an activating group) is 1. The fourth-order valence-electron chi connectivity index (χ4n) is 3.51. The van der Waals surface area contributed by atoms with Crippen LogP contribution >= 0.6 is 0 Å². The van der Waals surface area contributed by atoms with Crippen molar-refractivity contribution in [2.24, 2.45) is 0 Å². The highest BCUT2D eigenvalue weighted by Crippen LogP contribution is 2.41. The Balaban J connectivity index is 1.76. The van der Waals surface area contributed by atoms with E-state index in [4.69, 9.17) is 9.47 Å². The first-order chi connectivity index (χ1) is 14.0. The molecule has 0 aromatic heterocycles. The molecule has 1 heterocycles. The molecule has 7 nitrogen and oxygen atoms in total. The average Bonchev–Trinajstić information content (AvgIpc) is 2.67. The van der Waals surface area contributed by atoms with Gasteiger partial charge < -0.3 is 14.8 Å². The molecule has 1 aliphatic rings. The van der Waals surface area contributed by atoms with E-state index in [2.05, 4.69) is 5.32 Å². The third-order valence-corrected chi connectivity index (χ3v) is 6.92. The molecular weight excluding hydrogens is 404 g/mol. The van der Waals surface area contributed by atoms with E-state index in [9.17, 15) is 13.2 Å². The van der Waals surface area contributed by atoms with Gasteiger partial charge in [0.15, 0.2) is 0 Å². The van der Waals surface area contributed by atoms with Crippen LogP contribution in [0.3, 0.4) is 0 Å². The molecule has 8 heteroatoms. The quantitative estimate of drug-likeness (QED) is 0.758. The molecule has 2 aromatic rings. The smallest absolute Gasteiger partial charge is 0.243 e. The number of amides is 1. The van der Waals surface area contributed by atoms with Gasteiger partial charge in [0.1, 0.15) is 17.1 Å². The summed E-state index contributed by atoms with van der Waals surface area (Å²) in [7, 11) is -0.778. The minimum Gasteiger partial charge on any atom is -0.497 e. The predicted octanol–water partition coefficient (Wildman–Crippen LogP) is 3.04. The second kappa shape index (κ2) is 8.28. The number of fused-ring (bicyclic) bond motifs is 1. The number of carbonyl (C=O) groups is 1. The number of benzene rings is 2. The minimum absolute atomic E-state index is 0.158. The highest BCUT2D eigenvalue weighted by Gasteiger charge is 2.35. The lowest BCUT2D eigenvalue weighted by atomic mass is 9.89. The minimum atomic E-state index is -3.76. The van der Waals surface area contributed by atoms with Crippen molar-refractivity contribution in [2.45, 2.75) is 43.7 Å². The Morgan fingerprint density at radius 2 is 1.90 bits per heavy atom. The van der Waals surface area contributed by atoms with Crippen LogP contribution in [0.25, 0.3) is 0 Å². The molecule has 30 heavy (non-hydrogen) atoms. The Labute approximate surface area is 178 Å². The van der Waals surface area contributed by atoms with Gasteiger partial charge in [-0.3, -0.25) is 4.79 Å². The molecule has 0 aliphatic carbocycles. The molecule has 0 fully saturated rings. The molecule has 0 spiro atoms. The summed E-state index contributed by atoms with van der Waals surface area (Å²) in [5, 5.41) is 2.96. The van der Waals surface area contributed by atoms with E-state index in [1.165, 1.54) is 7.05 Å². The van der Waals surface area contributed by atoms with Crippen LogP contribution in [-0.2, 0) is 14.8 Å². The van der Waals surface area contributed by atoms with Crippen LogP contribution in [0.2, 0.25) is 0 Å². The zero-order chi connectivity index (χ0) is 22.1. The van der Waals surface area contributed by atoms with Crippen molar-refractivity contribution in [3.63, 3.8) is 0 Å². The van der Waals surface area contributed by atoms with Gasteiger partial charge in [-0.1, -0.05) is 17.7 Å². The van der Waals surface area contributed by atoms with Crippen LogP contribution < -0.4 is 14.8 Å². The third-order valence-electron chi connectivity index (χ3n) is 5.10. The Morgan fingerprint density at radius 1 is 1.23 bits per heavy atom. The molecule has 0 saturated carbocycles. The Kier molecular flexibility index (Phi) is 6.10. The fourth-order valence-corrected chi connectivity index (χ4v) is 4.63. The Bertz CT molecular complexity index is 1030. The first-order valence-corrected chi connectivity index (χ1v) is 11.2. The number of methoxy groups -OCH3 is 1. The maximum absolute atomic E-state index is 12.8. The first kappa shape index (κ1) is 22.1. The van der Waals surface area contributed by atoms with E-state index in [1.54, 1.807) is 37.4 Å². The summed E-state index contributed by atoms with van der Waals surface area (Å²) < 4.78 is 37.9. The zero-order valence-corrected chi connectivity index (χ0v) is 18.7. The highest BCUT2D eigenvalue weighted by atomic mass is 32.2. The molecule has 3 rings (SSSR count). The largest absolute Gasteiger partial charge is 0.497 e. The predicted molar refractivity (Wildman–Crippen MR) is 114 cm³/mol. The number of sulfonamides is 1. The number of carbonyl (C=O) groups excluding carboxylic acids is 1. The first-order valence-electron chi connectivity index (χ1n) is 9.71. The van der Waals surface area contributed by atoms with E-state index >= 15 is 0 Å². The van der Waals surface area contributed by atoms with Gasteiger partial charge >= 0.3 is 0 Å². The van der Waals surface area contributed by atoms with Crippen molar-refractivity contribution in [2.75, 3.05) is 20.7 Å². The summed E-state index contributed by atoms with van der Waals surface area (Å²) in [6, 6.07) is 11.7. The number of rotatable bonds is 6. The van der Waals surface area contributed by atoms with Crippen molar-refractivity contribution in [1.82, 2.24) is 9.62 Å². The molecule has 1 unspecified atom stereocenters. The van der Waals surface area contributed by atoms with Crippen molar-refractivity contribution >= 4 is 15.9 Å². The molecule has 0 saturated heterocycles.